The van der Waals surface area contributed by atoms with Crippen LogP contribution in [0.5, 0.6) is 5.75 Å². The van der Waals surface area contributed by atoms with Crippen LogP contribution in [0.2, 0.25) is 0 Å². The van der Waals surface area contributed by atoms with Crippen molar-refractivity contribution in [3.05, 3.63) is 47.8 Å². The number of rotatable bonds is 4. The van der Waals surface area contributed by atoms with Gasteiger partial charge in [0.15, 0.2) is 0 Å². The predicted molar refractivity (Wildman–Crippen MR) is 81.0 cm³/mol. The van der Waals surface area contributed by atoms with Gasteiger partial charge in [-0.3, -0.25) is 0 Å². The molecule has 0 saturated heterocycles. The summed E-state index contributed by atoms with van der Waals surface area (Å²) in [5, 5.41) is 3.18. The topological polar surface area (TPSA) is 47.3 Å². The van der Waals surface area contributed by atoms with Crippen molar-refractivity contribution in [3.63, 3.8) is 0 Å². The molecule has 0 heterocycles. The summed E-state index contributed by atoms with van der Waals surface area (Å²) < 4.78 is 18.9. The molecular formula is C16H19FN2O. The molecule has 0 spiro atoms. The largest absolute Gasteiger partial charge is 0.489 e. The zero-order valence-electron chi connectivity index (χ0n) is 11.9. The molecule has 0 atom stereocenters. The van der Waals surface area contributed by atoms with E-state index in [1.807, 2.05) is 32.0 Å². The van der Waals surface area contributed by atoms with E-state index in [0.717, 1.165) is 11.4 Å². The number of nitrogens with two attached hydrogens (primary N) is 1. The highest BCUT2D eigenvalue weighted by atomic mass is 19.1. The maximum Gasteiger partial charge on any atom is 0.144 e. The molecule has 2 aromatic carbocycles. The van der Waals surface area contributed by atoms with Gasteiger partial charge in [-0.05, 0) is 56.7 Å². The van der Waals surface area contributed by atoms with Crippen LogP contribution >= 0.6 is 0 Å². The van der Waals surface area contributed by atoms with E-state index in [1.165, 1.54) is 6.07 Å². The van der Waals surface area contributed by atoms with E-state index in [-0.39, 0.29) is 11.9 Å². The molecule has 0 aliphatic rings. The van der Waals surface area contributed by atoms with Gasteiger partial charge < -0.3 is 15.8 Å². The van der Waals surface area contributed by atoms with Gasteiger partial charge in [-0.15, -0.1) is 0 Å². The zero-order chi connectivity index (χ0) is 14.7. The number of nitrogens with one attached hydrogen (secondary N) is 1. The fourth-order valence-corrected chi connectivity index (χ4v) is 1.89. The third-order valence-electron chi connectivity index (χ3n) is 2.87. The molecule has 106 valence electrons. The number of hydrogen-bond donors (Lipinski definition) is 2. The maximum absolute atomic E-state index is 13.3. The predicted octanol–water partition coefficient (Wildman–Crippen LogP) is 4.25. The molecule has 0 radical (unpaired) electrons. The summed E-state index contributed by atoms with van der Waals surface area (Å²) in [6, 6.07) is 10.4. The molecule has 3 N–H and O–H groups in total. The minimum absolute atomic E-state index is 0.0561. The van der Waals surface area contributed by atoms with Crippen LogP contribution in [0.1, 0.15) is 19.4 Å². The first-order valence-electron chi connectivity index (χ1n) is 6.55. The number of hydrogen-bond acceptors (Lipinski definition) is 3. The first-order chi connectivity index (χ1) is 9.47. The fourth-order valence-electron chi connectivity index (χ4n) is 1.89. The summed E-state index contributed by atoms with van der Waals surface area (Å²) in [5.74, 6) is 0.421. The number of nitrogen functional groups attached to an aromatic ring is 1. The molecule has 0 aliphatic carbocycles. The summed E-state index contributed by atoms with van der Waals surface area (Å²) in [6.07, 6.45) is 0.0561. The maximum atomic E-state index is 13.3. The Labute approximate surface area is 118 Å². The van der Waals surface area contributed by atoms with Gasteiger partial charge in [-0.2, -0.15) is 0 Å². The van der Waals surface area contributed by atoms with Crippen LogP contribution in [0.25, 0.3) is 0 Å². The van der Waals surface area contributed by atoms with Crippen molar-refractivity contribution in [1.82, 2.24) is 0 Å². The minimum atomic E-state index is -0.222. The van der Waals surface area contributed by atoms with Gasteiger partial charge in [-0.25, -0.2) is 4.39 Å². The van der Waals surface area contributed by atoms with Gasteiger partial charge in [0.05, 0.1) is 17.5 Å². The van der Waals surface area contributed by atoms with E-state index in [4.69, 9.17) is 10.5 Å². The number of ether oxygens (including phenoxy) is 1. The van der Waals surface area contributed by atoms with E-state index in [1.54, 1.807) is 19.1 Å². The fraction of sp³-hybridized carbons (Fsp3) is 0.250. The van der Waals surface area contributed by atoms with Crippen LogP contribution in [0.4, 0.5) is 21.5 Å². The van der Waals surface area contributed by atoms with Gasteiger partial charge >= 0.3 is 0 Å². The SMILES string of the molecule is Cc1cc(Nc2cccc(OC(C)C)c2N)ccc1F. The third-order valence-corrected chi connectivity index (χ3v) is 2.87. The van der Waals surface area contributed by atoms with Crippen molar-refractivity contribution in [2.45, 2.75) is 26.9 Å². The van der Waals surface area contributed by atoms with Crippen molar-refractivity contribution in [2.75, 3.05) is 11.1 Å². The summed E-state index contributed by atoms with van der Waals surface area (Å²) >= 11 is 0. The minimum Gasteiger partial charge on any atom is -0.489 e. The monoisotopic (exact) mass is 274 g/mol. The molecule has 20 heavy (non-hydrogen) atoms. The van der Waals surface area contributed by atoms with Crippen molar-refractivity contribution < 1.29 is 9.13 Å². The van der Waals surface area contributed by atoms with Crippen LogP contribution in [0.3, 0.4) is 0 Å². The first-order valence-corrected chi connectivity index (χ1v) is 6.55. The van der Waals surface area contributed by atoms with Crippen molar-refractivity contribution in [1.29, 1.82) is 0 Å². The molecule has 2 rings (SSSR count). The first kappa shape index (κ1) is 14.2. The molecule has 0 unspecified atom stereocenters. The normalized spacial score (nSPS) is 10.7. The van der Waals surface area contributed by atoms with E-state index in [9.17, 15) is 4.39 Å². The molecule has 0 aromatic heterocycles. The number of anilines is 3. The van der Waals surface area contributed by atoms with Crippen LogP contribution in [-0.4, -0.2) is 6.10 Å². The zero-order valence-corrected chi connectivity index (χ0v) is 11.9. The smallest absolute Gasteiger partial charge is 0.144 e. The standard InChI is InChI=1S/C16H19FN2O/c1-10(2)20-15-6-4-5-14(16(15)18)19-12-7-8-13(17)11(3)9-12/h4-10,19H,18H2,1-3H3. The lowest BCUT2D eigenvalue weighted by atomic mass is 10.2. The van der Waals surface area contributed by atoms with Crippen LogP contribution < -0.4 is 15.8 Å². The number of benzene rings is 2. The van der Waals surface area contributed by atoms with Crippen molar-refractivity contribution in [2.24, 2.45) is 0 Å². The Morgan fingerprint density at radius 2 is 1.95 bits per heavy atom. The highest BCUT2D eigenvalue weighted by molar-refractivity contribution is 5.77. The summed E-state index contributed by atoms with van der Waals surface area (Å²) in [4.78, 5) is 0. The molecule has 0 bridgehead atoms. The summed E-state index contributed by atoms with van der Waals surface area (Å²) in [7, 11) is 0. The molecule has 0 saturated carbocycles. The lowest BCUT2D eigenvalue weighted by molar-refractivity contribution is 0.244. The molecular weight excluding hydrogens is 255 g/mol. The molecule has 0 amide bonds. The van der Waals surface area contributed by atoms with E-state index in [0.29, 0.717) is 17.0 Å². The second-order valence-corrected chi connectivity index (χ2v) is 4.97. The van der Waals surface area contributed by atoms with E-state index < -0.39 is 0 Å². The average Bonchev–Trinajstić information content (AvgIpc) is 2.38. The van der Waals surface area contributed by atoms with Gasteiger partial charge in [0.25, 0.3) is 0 Å². The number of aryl methyl sites for hydroxylation is 1. The third kappa shape index (κ3) is 3.20. The van der Waals surface area contributed by atoms with Crippen LogP contribution in [0, 0.1) is 12.7 Å². The number of halogens is 1. The van der Waals surface area contributed by atoms with Crippen LogP contribution in [-0.2, 0) is 0 Å². The molecule has 0 fully saturated rings. The lowest BCUT2D eigenvalue weighted by Crippen LogP contribution is -2.08. The van der Waals surface area contributed by atoms with Crippen molar-refractivity contribution >= 4 is 17.1 Å². The summed E-state index contributed by atoms with van der Waals surface area (Å²) in [5.41, 5.74) is 8.75. The van der Waals surface area contributed by atoms with E-state index in [2.05, 4.69) is 5.32 Å². The second kappa shape index (κ2) is 5.82. The Morgan fingerprint density at radius 3 is 2.60 bits per heavy atom. The average molecular weight is 274 g/mol. The van der Waals surface area contributed by atoms with Gasteiger partial charge in [0.2, 0.25) is 0 Å². The Bertz CT molecular complexity index is 611. The van der Waals surface area contributed by atoms with Crippen LogP contribution in [0.15, 0.2) is 36.4 Å². The molecule has 4 heteroatoms. The van der Waals surface area contributed by atoms with E-state index >= 15 is 0 Å². The Hall–Kier alpha value is -2.23. The lowest BCUT2D eigenvalue weighted by Gasteiger charge is -2.16. The summed E-state index contributed by atoms with van der Waals surface area (Å²) in [6.45, 7) is 5.62. The van der Waals surface area contributed by atoms with Gasteiger partial charge in [0.1, 0.15) is 11.6 Å². The highest BCUT2D eigenvalue weighted by Crippen LogP contribution is 2.32. The van der Waals surface area contributed by atoms with Gasteiger partial charge in [0, 0.05) is 5.69 Å². The molecule has 2 aromatic rings. The Morgan fingerprint density at radius 1 is 1.20 bits per heavy atom. The Balaban J connectivity index is 2.27. The molecule has 0 aliphatic heterocycles. The Kier molecular flexibility index (Phi) is 4.13. The van der Waals surface area contributed by atoms with Gasteiger partial charge in [-0.1, -0.05) is 6.07 Å². The quantitative estimate of drug-likeness (QED) is 0.819. The van der Waals surface area contributed by atoms with Crippen molar-refractivity contribution in [3.8, 4) is 5.75 Å². The second-order valence-electron chi connectivity index (χ2n) is 4.97. The highest BCUT2D eigenvalue weighted by Gasteiger charge is 2.08. The number of para-hydroxylation sites is 1. The molecule has 3 nitrogen and oxygen atoms in total.